The van der Waals surface area contributed by atoms with Crippen LogP contribution in [0.3, 0.4) is 0 Å². The van der Waals surface area contributed by atoms with Crippen molar-refractivity contribution in [3.05, 3.63) is 64.5 Å². The van der Waals surface area contributed by atoms with Crippen LogP contribution in [0.4, 0.5) is 32.8 Å². The van der Waals surface area contributed by atoms with E-state index >= 15 is 0 Å². The number of nitrogens with zero attached hydrogens (tertiary/aromatic N) is 2. The van der Waals surface area contributed by atoms with Crippen LogP contribution in [-0.2, 0) is 32.5 Å². The lowest BCUT2D eigenvalue weighted by Gasteiger charge is -2.31. The summed E-state index contributed by atoms with van der Waals surface area (Å²) in [7, 11) is 1.46. The van der Waals surface area contributed by atoms with E-state index in [1.807, 2.05) is 0 Å². The number of imide groups is 1. The van der Waals surface area contributed by atoms with Crippen molar-refractivity contribution in [2.75, 3.05) is 18.9 Å². The molecule has 2 aromatic rings. The number of fused-ring (bicyclic) bond motifs is 2. The van der Waals surface area contributed by atoms with Crippen molar-refractivity contribution in [3.63, 3.8) is 0 Å². The zero-order valence-electron chi connectivity index (χ0n) is 21.6. The Labute approximate surface area is 226 Å². The first-order chi connectivity index (χ1) is 18.9. The van der Waals surface area contributed by atoms with E-state index in [0.29, 0.717) is 40.6 Å². The third-order valence-corrected chi connectivity index (χ3v) is 7.77. The molecule has 1 unspecified atom stereocenters. The summed E-state index contributed by atoms with van der Waals surface area (Å²) in [5, 5.41) is 5.06. The number of carbonyl (C=O) groups is 4. The largest absolute Gasteiger partial charge is 0.427 e. The number of nitrogens with one attached hydrogen (secondary N) is 2. The van der Waals surface area contributed by atoms with Gasteiger partial charge in [-0.05, 0) is 61.6 Å². The number of rotatable bonds is 4. The Hall–Kier alpha value is -4.16. The van der Waals surface area contributed by atoms with Crippen LogP contribution < -0.4 is 10.6 Å². The number of ether oxygens (including phenoxy) is 1. The maximum atomic E-state index is 13.7. The molecule has 1 aliphatic carbocycles. The van der Waals surface area contributed by atoms with E-state index in [4.69, 9.17) is 4.74 Å². The van der Waals surface area contributed by atoms with Gasteiger partial charge in [-0.3, -0.25) is 9.59 Å². The van der Waals surface area contributed by atoms with Crippen LogP contribution in [0, 0.1) is 5.82 Å². The monoisotopic (exact) mass is 562 g/mol. The summed E-state index contributed by atoms with van der Waals surface area (Å²) < 4.78 is 60.4. The topological polar surface area (TPSA) is 108 Å². The first-order valence-electron chi connectivity index (χ1n) is 12.7. The number of aryl methyl sites for hydroxylation is 1. The van der Waals surface area contributed by atoms with Crippen molar-refractivity contribution in [2.24, 2.45) is 0 Å². The maximum absolute atomic E-state index is 13.7. The molecule has 1 spiro atoms. The van der Waals surface area contributed by atoms with Gasteiger partial charge in [0, 0.05) is 30.8 Å². The fourth-order valence-corrected chi connectivity index (χ4v) is 5.92. The first kappa shape index (κ1) is 27.4. The fraction of sp³-hybridized carbons (Fsp3) is 0.407. The van der Waals surface area contributed by atoms with E-state index < -0.39 is 65.7 Å². The number of anilines is 1. The highest BCUT2D eigenvalue weighted by Crippen LogP contribution is 2.47. The van der Waals surface area contributed by atoms with Gasteiger partial charge in [0.2, 0.25) is 11.5 Å². The number of likely N-dealkylation sites (tertiary alicyclic amines) is 1. The van der Waals surface area contributed by atoms with Gasteiger partial charge >= 0.3 is 18.3 Å². The van der Waals surface area contributed by atoms with Crippen molar-refractivity contribution in [2.45, 2.75) is 56.5 Å². The predicted molar refractivity (Wildman–Crippen MR) is 132 cm³/mol. The molecule has 2 N–H and O–H groups in total. The van der Waals surface area contributed by atoms with Gasteiger partial charge in [0.1, 0.15) is 12.4 Å². The molecular weight excluding hydrogens is 536 g/mol. The summed E-state index contributed by atoms with van der Waals surface area (Å²) in [5.74, 6) is -2.51. The Kier molecular flexibility index (Phi) is 6.71. The molecule has 2 aliphatic heterocycles. The second-order valence-corrected chi connectivity index (χ2v) is 10.1. The molecule has 9 nitrogen and oxygen atoms in total. The van der Waals surface area contributed by atoms with Crippen molar-refractivity contribution in [3.8, 4) is 0 Å². The second kappa shape index (κ2) is 9.79. The van der Waals surface area contributed by atoms with Gasteiger partial charge in [-0.2, -0.15) is 13.2 Å². The number of hydrogen-bond acceptors (Lipinski definition) is 5. The van der Waals surface area contributed by atoms with Gasteiger partial charge in [0.05, 0.1) is 11.6 Å². The zero-order chi connectivity index (χ0) is 29.0. The fourth-order valence-electron chi connectivity index (χ4n) is 5.92. The number of benzene rings is 2. The van der Waals surface area contributed by atoms with Crippen LogP contribution in [0.1, 0.15) is 54.5 Å². The van der Waals surface area contributed by atoms with E-state index in [0.717, 1.165) is 12.1 Å². The quantitative estimate of drug-likeness (QED) is 0.535. The summed E-state index contributed by atoms with van der Waals surface area (Å²) in [6, 6.07) is 5.22. The average molecular weight is 563 g/mol. The molecule has 5 rings (SSSR count). The molecular formula is C27H26F4N4O5. The number of hydrogen-bond donors (Lipinski definition) is 2. The lowest BCUT2D eigenvalue weighted by molar-refractivity contribution is -0.144. The van der Waals surface area contributed by atoms with Crippen LogP contribution in [0.5, 0.6) is 0 Å². The van der Waals surface area contributed by atoms with Crippen molar-refractivity contribution in [1.82, 2.24) is 15.1 Å². The van der Waals surface area contributed by atoms with Gasteiger partial charge in [0.15, 0.2) is 0 Å². The van der Waals surface area contributed by atoms with Crippen LogP contribution in [0.15, 0.2) is 36.4 Å². The molecule has 2 aromatic carbocycles. The highest BCUT2D eigenvalue weighted by molar-refractivity contribution is 6.06. The van der Waals surface area contributed by atoms with E-state index in [1.165, 1.54) is 11.9 Å². The Morgan fingerprint density at radius 1 is 1.12 bits per heavy atom. The molecule has 0 saturated carbocycles. The molecule has 212 valence electrons. The SMILES string of the molecule is CNC(=O)Nc1ccc2c(c1)CC[C@@]21OC(=O)N(CC(=O)N2C(c3ccc(F)cc3C(F)(F)F)CC[C@H]2C)C1=O. The van der Waals surface area contributed by atoms with E-state index in [-0.39, 0.29) is 18.4 Å². The Balaban J connectivity index is 1.39. The highest BCUT2D eigenvalue weighted by Gasteiger charge is 2.58. The highest BCUT2D eigenvalue weighted by atomic mass is 19.4. The number of urea groups is 1. The minimum atomic E-state index is -4.84. The molecule has 5 amide bonds. The predicted octanol–water partition coefficient (Wildman–Crippen LogP) is 4.47. The first-order valence-corrected chi connectivity index (χ1v) is 12.7. The molecule has 0 aromatic heterocycles. The minimum Gasteiger partial charge on any atom is -0.427 e. The second-order valence-electron chi connectivity index (χ2n) is 10.1. The minimum absolute atomic E-state index is 0.133. The molecule has 0 radical (unpaired) electrons. The van der Waals surface area contributed by atoms with Gasteiger partial charge < -0.3 is 20.3 Å². The molecule has 13 heteroatoms. The molecule has 40 heavy (non-hydrogen) atoms. The Morgan fingerprint density at radius 3 is 2.58 bits per heavy atom. The third kappa shape index (κ3) is 4.52. The lowest BCUT2D eigenvalue weighted by Crippen LogP contribution is -2.46. The molecule has 2 fully saturated rings. The summed E-state index contributed by atoms with van der Waals surface area (Å²) >= 11 is 0. The van der Waals surface area contributed by atoms with E-state index in [9.17, 15) is 36.7 Å². The molecule has 3 atom stereocenters. The third-order valence-electron chi connectivity index (χ3n) is 7.77. The van der Waals surface area contributed by atoms with Gasteiger partial charge in [0.25, 0.3) is 5.91 Å². The van der Waals surface area contributed by atoms with Gasteiger partial charge in [-0.25, -0.2) is 18.9 Å². The average Bonchev–Trinajstić information content (AvgIpc) is 3.53. The number of carbonyl (C=O) groups excluding carboxylic acids is 4. The lowest BCUT2D eigenvalue weighted by atomic mass is 9.94. The summed E-state index contributed by atoms with van der Waals surface area (Å²) in [6.07, 6.45) is -4.79. The normalized spacial score (nSPS) is 23.9. The smallest absolute Gasteiger partial charge is 0.418 e. The van der Waals surface area contributed by atoms with Crippen molar-refractivity contribution < 1.29 is 41.5 Å². The number of halogens is 4. The molecule has 2 heterocycles. The summed E-state index contributed by atoms with van der Waals surface area (Å²) in [6.45, 7) is 0.951. The summed E-state index contributed by atoms with van der Waals surface area (Å²) in [4.78, 5) is 53.4. The number of amides is 5. The van der Waals surface area contributed by atoms with Crippen LogP contribution in [0.25, 0.3) is 0 Å². The van der Waals surface area contributed by atoms with Crippen LogP contribution in [-0.4, -0.2) is 53.4 Å². The zero-order valence-corrected chi connectivity index (χ0v) is 21.6. The Morgan fingerprint density at radius 2 is 1.88 bits per heavy atom. The standard InChI is InChI=1S/C27H26F4N4O5/c1-14-3-8-21(18-6-4-16(28)12-20(18)27(29,30)31)35(14)22(36)13-34-23(37)26(40-25(34)39)10-9-15-11-17(5-7-19(15)26)33-24(38)32-2/h4-7,11-12,14,21H,3,8-10,13H2,1-2H3,(H2,32,33,38)/t14-,21?,26-/m1/s1. The molecule has 2 saturated heterocycles. The van der Waals surface area contributed by atoms with Gasteiger partial charge in [-0.1, -0.05) is 12.1 Å². The van der Waals surface area contributed by atoms with Gasteiger partial charge in [-0.15, -0.1) is 0 Å². The van der Waals surface area contributed by atoms with E-state index in [2.05, 4.69) is 10.6 Å². The summed E-state index contributed by atoms with van der Waals surface area (Å²) in [5.41, 5.74) is -1.44. The van der Waals surface area contributed by atoms with Crippen molar-refractivity contribution in [1.29, 1.82) is 0 Å². The van der Waals surface area contributed by atoms with E-state index in [1.54, 1.807) is 25.1 Å². The number of alkyl halides is 3. The van der Waals surface area contributed by atoms with Crippen molar-refractivity contribution >= 4 is 29.6 Å². The van der Waals surface area contributed by atoms with Crippen LogP contribution in [0.2, 0.25) is 0 Å². The Bertz CT molecular complexity index is 1410. The maximum Gasteiger partial charge on any atom is 0.418 e. The molecule has 0 bridgehead atoms. The molecule has 3 aliphatic rings. The van der Waals surface area contributed by atoms with Crippen LogP contribution >= 0.6 is 0 Å².